The average molecular weight is 303 g/mol. The highest BCUT2D eigenvalue weighted by atomic mass is 32.1. The first kappa shape index (κ1) is 16.0. The highest BCUT2D eigenvalue weighted by Gasteiger charge is 2.11. The zero-order valence-corrected chi connectivity index (χ0v) is 13.9. The van der Waals surface area contributed by atoms with Gasteiger partial charge in [-0.15, -0.1) is 11.3 Å². The maximum atomic E-state index is 5.73. The summed E-state index contributed by atoms with van der Waals surface area (Å²) in [6.07, 6.45) is 4.17. The predicted octanol–water partition coefficient (Wildman–Crippen LogP) is 4.13. The molecule has 3 N–H and O–H groups in total. The smallest absolute Gasteiger partial charge is 0.109 e. The Morgan fingerprint density at radius 3 is 2.57 bits per heavy atom. The first-order valence-electron chi connectivity index (χ1n) is 7.63. The fourth-order valence-electron chi connectivity index (χ4n) is 2.28. The Morgan fingerprint density at radius 2 is 1.95 bits per heavy atom. The van der Waals surface area contributed by atoms with E-state index in [-0.39, 0.29) is 0 Å². The summed E-state index contributed by atoms with van der Waals surface area (Å²) in [6, 6.07) is 8.53. The number of nitrogens with two attached hydrogens (primary N) is 1. The van der Waals surface area contributed by atoms with Crippen LogP contribution in [0.15, 0.2) is 30.5 Å². The zero-order chi connectivity index (χ0) is 15.2. The second-order valence-corrected chi connectivity index (χ2v) is 6.70. The number of nitrogens with zero attached hydrogens (tertiary/aromatic N) is 1. The number of nitrogens with one attached hydrogen (secondary N) is 1. The molecule has 0 aliphatic rings. The van der Waals surface area contributed by atoms with Gasteiger partial charge in [0.25, 0.3) is 0 Å². The third kappa shape index (κ3) is 4.55. The Hall–Kier alpha value is -1.39. The number of aromatic nitrogens is 1. The molecule has 0 fully saturated rings. The van der Waals surface area contributed by atoms with E-state index in [1.54, 1.807) is 0 Å². The van der Waals surface area contributed by atoms with Crippen LogP contribution in [-0.4, -0.2) is 11.5 Å². The molecule has 114 valence electrons. The van der Waals surface area contributed by atoms with E-state index in [0.29, 0.717) is 12.0 Å². The molecule has 2 atom stereocenters. The molecule has 0 bridgehead atoms. The largest absolute Gasteiger partial charge is 0.399 e. The van der Waals surface area contributed by atoms with Gasteiger partial charge in [-0.1, -0.05) is 26.0 Å². The van der Waals surface area contributed by atoms with Crippen molar-refractivity contribution >= 4 is 17.0 Å². The molecule has 0 radical (unpaired) electrons. The van der Waals surface area contributed by atoms with Gasteiger partial charge in [0.1, 0.15) is 5.01 Å². The van der Waals surface area contributed by atoms with Crippen molar-refractivity contribution in [2.75, 3.05) is 12.3 Å². The molecule has 1 aromatic carbocycles. The van der Waals surface area contributed by atoms with Crippen LogP contribution in [0.3, 0.4) is 0 Å². The van der Waals surface area contributed by atoms with E-state index in [1.807, 2.05) is 29.7 Å². The number of thiazole rings is 1. The van der Waals surface area contributed by atoms with E-state index in [1.165, 1.54) is 15.4 Å². The van der Waals surface area contributed by atoms with Gasteiger partial charge in [0.2, 0.25) is 0 Å². The van der Waals surface area contributed by atoms with E-state index >= 15 is 0 Å². The van der Waals surface area contributed by atoms with Gasteiger partial charge in [0, 0.05) is 16.8 Å². The van der Waals surface area contributed by atoms with Crippen molar-refractivity contribution in [3.8, 4) is 0 Å². The molecule has 0 saturated carbocycles. The summed E-state index contributed by atoms with van der Waals surface area (Å²) in [5.74, 6) is 0.535. The topological polar surface area (TPSA) is 50.9 Å². The van der Waals surface area contributed by atoms with Crippen LogP contribution in [0.4, 0.5) is 5.69 Å². The number of rotatable bonds is 7. The van der Waals surface area contributed by atoms with E-state index in [9.17, 15) is 0 Å². The van der Waals surface area contributed by atoms with E-state index in [0.717, 1.165) is 25.1 Å². The second-order valence-electron chi connectivity index (χ2n) is 5.55. The molecular weight excluding hydrogens is 278 g/mol. The molecule has 0 amide bonds. The Balaban J connectivity index is 1.79. The standard InChI is InChI=1S/C17H25N3S/c1-4-16-11-20-17(21-16)13(3)19-10-9-12(2)14-5-7-15(18)8-6-14/h5-8,11-13,19H,4,9-10,18H2,1-3H3. The molecule has 2 unspecified atom stereocenters. The summed E-state index contributed by atoms with van der Waals surface area (Å²) >= 11 is 1.81. The van der Waals surface area contributed by atoms with Crippen LogP contribution in [0, 0.1) is 0 Å². The van der Waals surface area contributed by atoms with Gasteiger partial charge >= 0.3 is 0 Å². The van der Waals surface area contributed by atoms with Crippen LogP contribution in [0.25, 0.3) is 0 Å². The highest BCUT2D eigenvalue weighted by molar-refractivity contribution is 7.11. The van der Waals surface area contributed by atoms with Crippen LogP contribution >= 0.6 is 11.3 Å². The van der Waals surface area contributed by atoms with Crippen molar-refractivity contribution in [2.24, 2.45) is 0 Å². The molecule has 1 heterocycles. The van der Waals surface area contributed by atoms with E-state index in [2.05, 4.69) is 43.2 Å². The molecule has 21 heavy (non-hydrogen) atoms. The Bertz CT molecular complexity index is 547. The summed E-state index contributed by atoms with van der Waals surface area (Å²) < 4.78 is 0. The molecule has 3 nitrogen and oxygen atoms in total. The van der Waals surface area contributed by atoms with Gasteiger partial charge < -0.3 is 11.1 Å². The number of aryl methyl sites for hydroxylation is 1. The Kier molecular flexibility index (Phi) is 5.76. The quantitative estimate of drug-likeness (QED) is 0.756. The van der Waals surface area contributed by atoms with E-state index in [4.69, 9.17) is 5.73 Å². The van der Waals surface area contributed by atoms with Gasteiger partial charge in [-0.2, -0.15) is 0 Å². The predicted molar refractivity (Wildman–Crippen MR) is 91.8 cm³/mol. The van der Waals surface area contributed by atoms with Crippen LogP contribution < -0.4 is 11.1 Å². The number of nitrogen functional groups attached to an aromatic ring is 1. The summed E-state index contributed by atoms with van der Waals surface area (Å²) in [5.41, 5.74) is 7.90. The molecule has 0 aliphatic heterocycles. The monoisotopic (exact) mass is 303 g/mol. The maximum absolute atomic E-state index is 5.73. The summed E-state index contributed by atoms with van der Waals surface area (Å²) in [5, 5.41) is 4.76. The van der Waals surface area contributed by atoms with Gasteiger partial charge in [0.15, 0.2) is 0 Å². The number of anilines is 1. The lowest BCUT2D eigenvalue weighted by atomic mass is 9.97. The average Bonchev–Trinajstić information content (AvgIpc) is 2.96. The van der Waals surface area contributed by atoms with Crippen LogP contribution in [0.2, 0.25) is 0 Å². The number of hydrogen-bond donors (Lipinski definition) is 2. The summed E-state index contributed by atoms with van der Waals surface area (Å²) in [4.78, 5) is 5.85. The molecule has 0 aliphatic carbocycles. The minimum absolute atomic E-state index is 0.328. The van der Waals surface area contributed by atoms with Crippen molar-refractivity contribution in [3.05, 3.63) is 45.9 Å². The van der Waals surface area contributed by atoms with Gasteiger partial charge in [0.05, 0.1) is 6.04 Å². The van der Waals surface area contributed by atoms with Gasteiger partial charge in [-0.3, -0.25) is 0 Å². The SMILES string of the molecule is CCc1cnc(C(C)NCCC(C)c2ccc(N)cc2)s1. The lowest BCUT2D eigenvalue weighted by Gasteiger charge is -2.15. The third-order valence-electron chi connectivity index (χ3n) is 3.82. The maximum Gasteiger partial charge on any atom is 0.109 e. The molecule has 4 heteroatoms. The fourth-order valence-corrected chi connectivity index (χ4v) is 3.17. The normalized spacial score (nSPS) is 14.0. The molecular formula is C17H25N3S. The first-order valence-corrected chi connectivity index (χ1v) is 8.45. The van der Waals surface area contributed by atoms with Crippen molar-refractivity contribution < 1.29 is 0 Å². The van der Waals surface area contributed by atoms with Crippen molar-refractivity contribution in [2.45, 2.75) is 45.6 Å². The minimum Gasteiger partial charge on any atom is -0.399 e. The lowest BCUT2D eigenvalue weighted by molar-refractivity contribution is 0.529. The second kappa shape index (κ2) is 7.57. The summed E-state index contributed by atoms with van der Waals surface area (Å²) in [7, 11) is 0. The van der Waals surface area contributed by atoms with Crippen LogP contribution in [0.1, 0.15) is 54.6 Å². The first-order chi connectivity index (χ1) is 10.1. The van der Waals surface area contributed by atoms with Crippen LogP contribution in [-0.2, 0) is 6.42 Å². The molecule has 0 spiro atoms. The fraction of sp³-hybridized carbons (Fsp3) is 0.471. The van der Waals surface area contributed by atoms with Gasteiger partial charge in [-0.05, 0) is 49.9 Å². The Morgan fingerprint density at radius 1 is 1.24 bits per heavy atom. The van der Waals surface area contributed by atoms with Gasteiger partial charge in [-0.25, -0.2) is 4.98 Å². The molecule has 1 aromatic heterocycles. The van der Waals surface area contributed by atoms with Crippen molar-refractivity contribution in [1.82, 2.24) is 10.3 Å². The van der Waals surface area contributed by atoms with Crippen molar-refractivity contribution in [1.29, 1.82) is 0 Å². The summed E-state index contributed by atoms with van der Waals surface area (Å²) in [6.45, 7) is 7.61. The third-order valence-corrected chi connectivity index (χ3v) is 5.15. The van der Waals surface area contributed by atoms with E-state index < -0.39 is 0 Å². The molecule has 0 saturated heterocycles. The highest BCUT2D eigenvalue weighted by Crippen LogP contribution is 2.22. The molecule has 2 rings (SSSR count). The lowest BCUT2D eigenvalue weighted by Crippen LogP contribution is -2.20. The zero-order valence-electron chi connectivity index (χ0n) is 13.1. The van der Waals surface area contributed by atoms with Crippen molar-refractivity contribution in [3.63, 3.8) is 0 Å². The number of benzene rings is 1. The molecule has 2 aromatic rings. The Labute approximate surface area is 131 Å². The minimum atomic E-state index is 0.328. The van der Waals surface area contributed by atoms with Crippen LogP contribution in [0.5, 0.6) is 0 Å². The number of hydrogen-bond acceptors (Lipinski definition) is 4.